The molecule has 0 atom stereocenters. The van der Waals surface area contributed by atoms with E-state index in [-0.39, 0.29) is 12.1 Å². The molecule has 0 saturated carbocycles. The molecular formula is C17H17ClN4O4. The summed E-state index contributed by atoms with van der Waals surface area (Å²) in [4.78, 5) is 35.5. The van der Waals surface area contributed by atoms with Crippen LogP contribution in [0.3, 0.4) is 0 Å². The number of amides is 4. The zero-order chi connectivity index (χ0) is 18.9. The van der Waals surface area contributed by atoms with Crippen LogP contribution in [0.2, 0.25) is 5.02 Å². The van der Waals surface area contributed by atoms with Crippen molar-refractivity contribution in [3.63, 3.8) is 0 Å². The van der Waals surface area contributed by atoms with Gasteiger partial charge in [-0.3, -0.25) is 20.4 Å². The summed E-state index contributed by atoms with van der Waals surface area (Å²) in [5.74, 6) is -0.907. The average Bonchev–Trinajstić information content (AvgIpc) is 2.65. The summed E-state index contributed by atoms with van der Waals surface area (Å²) in [6.45, 7) is -0.328. The van der Waals surface area contributed by atoms with Gasteiger partial charge >= 0.3 is 6.03 Å². The second-order valence-electron chi connectivity index (χ2n) is 5.02. The topological polar surface area (TPSA) is 109 Å². The number of urea groups is 1. The Hall–Kier alpha value is -3.26. The second-order valence-corrected chi connectivity index (χ2v) is 5.46. The number of halogens is 1. The van der Waals surface area contributed by atoms with Gasteiger partial charge in [-0.25, -0.2) is 4.79 Å². The van der Waals surface area contributed by atoms with Crippen LogP contribution in [0.1, 0.15) is 10.4 Å². The van der Waals surface area contributed by atoms with Crippen LogP contribution in [-0.4, -0.2) is 31.5 Å². The number of carbonyl (C=O) groups is 3. The highest BCUT2D eigenvalue weighted by Gasteiger charge is 2.14. The zero-order valence-corrected chi connectivity index (χ0v) is 14.6. The van der Waals surface area contributed by atoms with E-state index in [4.69, 9.17) is 16.3 Å². The van der Waals surface area contributed by atoms with Crippen LogP contribution in [0.25, 0.3) is 0 Å². The van der Waals surface area contributed by atoms with E-state index >= 15 is 0 Å². The number of ether oxygens (including phenoxy) is 1. The Morgan fingerprint density at radius 2 is 1.77 bits per heavy atom. The van der Waals surface area contributed by atoms with E-state index in [1.807, 2.05) is 6.07 Å². The molecule has 8 nitrogen and oxygen atoms in total. The first-order valence-corrected chi connectivity index (χ1v) is 7.90. The van der Waals surface area contributed by atoms with E-state index in [2.05, 4.69) is 21.5 Å². The van der Waals surface area contributed by atoms with Crippen molar-refractivity contribution < 1.29 is 19.1 Å². The van der Waals surface area contributed by atoms with Gasteiger partial charge in [0.2, 0.25) is 0 Å². The maximum Gasteiger partial charge on any atom is 0.319 e. The lowest BCUT2D eigenvalue weighted by molar-refractivity contribution is -0.120. The van der Waals surface area contributed by atoms with Crippen LogP contribution in [0.15, 0.2) is 48.5 Å². The third kappa shape index (κ3) is 5.67. The molecule has 0 spiro atoms. The first-order valence-electron chi connectivity index (χ1n) is 7.52. The Morgan fingerprint density at radius 3 is 2.46 bits per heavy atom. The number of para-hydroxylation sites is 1. The molecule has 0 bridgehead atoms. The van der Waals surface area contributed by atoms with Crippen molar-refractivity contribution in [2.24, 2.45) is 0 Å². The van der Waals surface area contributed by atoms with E-state index in [9.17, 15) is 14.4 Å². The molecule has 0 unspecified atom stereocenters. The number of carbonyl (C=O) groups excluding carboxylic acids is 3. The third-order valence-electron chi connectivity index (χ3n) is 3.16. The molecule has 26 heavy (non-hydrogen) atoms. The molecule has 0 aliphatic rings. The molecule has 0 heterocycles. The molecule has 0 aromatic heterocycles. The molecule has 2 rings (SSSR count). The van der Waals surface area contributed by atoms with Crippen molar-refractivity contribution in [2.75, 3.05) is 19.0 Å². The molecular weight excluding hydrogens is 360 g/mol. The first kappa shape index (κ1) is 19.1. The van der Waals surface area contributed by atoms with Gasteiger partial charge < -0.3 is 15.4 Å². The lowest BCUT2D eigenvalue weighted by Gasteiger charge is -2.11. The molecule has 0 aliphatic carbocycles. The van der Waals surface area contributed by atoms with Gasteiger partial charge in [-0.05, 0) is 30.3 Å². The number of nitrogens with one attached hydrogen (secondary N) is 4. The van der Waals surface area contributed by atoms with Gasteiger partial charge in [0.25, 0.3) is 11.8 Å². The van der Waals surface area contributed by atoms with Crippen molar-refractivity contribution in [3.05, 3.63) is 59.1 Å². The summed E-state index contributed by atoms with van der Waals surface area (Å²) in [5.41, 5.74) is 5.17. The third-order valence-corrected chi connectivity index (χ3v) is 3.40. The number of benzene rings is 2. The Morgan fingerprint density at radius 1 is 1.04 bits per heavy atom. The zero-order valence-electron chi connectivity index (χ0n) is 13.8. The first-order chi connectivity index (χ1) is 12.5. The van der Waals surface area contributed by atoms with Gasteiger partial charge in [0, 0.05) is 10.7 Å². The van der Waals surface area contributed by atoms with E-state index in [0.29, 0.717) is 16.5 Å². The number of rotatable bonds is 5. The van der Waals surface area contributed by atoms with Crippen molar-refractivity contribution in [2.45, 2.75) is 0 Å². The second kappa shape index (κ2) is 9.28. The minimum absolute atomic E-state index is 0.162. The minimum Gasteiger partial charge on any atom is -0.496 e. The Balaban J connectivity index is 1.79. The fourth-order valence-electron chi connectivity index (χ4n) is 1.95. The van der Waals surface area contributed by atoms with Gasteiger partial charge in [0.15, 0.2) is 0 Å². The van der Waals surface area contributed by atoms with Crippen molar-refractivity contribution >= 4 is 35.1 Å². The molecule has 2 aromatic carbocycles. The van der Waals surface area contributed by atoms with Gasteiger partial charge in [0.1, 0.15) is 12.3 Å². The van der Waals surface area contributed by atoms with Crippen LogP contribution in [0.5, 0.6) is 5.75 Å². The average molecular weight is 377 g/mol. The molecule has 4 amide bonds. The number of hydrazine groups is 1. The molecule has 9 heteroatoms. The van der Waals surface area contributed by atoms with E-state index in [0.717, 1.165) is 0 Å². The van der Waals surface area contributed by atoms with Crippen LogP contribution in [-0.2, 0) is 4.79 Å². The highest BCUT2D eigenvalue weighted by molar-refractivity contribution is 6.31. The largest absolute Gasteiger partial charge is 0.496 e. The highest BCUT2D eigenvalue weighted by Crippen LogP contribution is 2.22. The predicted molar refractivity (Wildman–Crippen MR) is 97.1 cm³/mol. The minimum atomic E-state index is -0.609. The fraction of sp³-hybridized carbons (Fsp3) is 0.118. The van der Waals surface area contributed by atoms with E-state index < -0.39 is 17.8 Å². The van der Waals surface area contributed by atoms with Crippen LogP contribution >= 0.6 is 11.6 Å². The standard InChI is InChI=1S/C17H17ClN4O4/c1-26-14-8-7-11(18)9-13(14)16(24)22-21-15(23)10-19-17(25)20-12-5-3-2-4-6-12/h2-9H,10H2,1H3,(H,21,23)(H,22,24)(H2,19,20,25). The maximum absolute atomic E-state index is 12.1. The van der Waals surface area contributed by atoms with Crippen molar-refractivity contribution in [1.82, 2.24) is 16.2 Å². The molecule has 4 N–H and O–H groups in total. The molecule has 0 aliphatic heterocycles. The lowest BCUT2D eigenvalue weighted by atomic mass is 10.2. The molecule has 0 radical (unpaired) electrons. The van der Waals surface area contributed by atoms with Gasteiger partial charge in [-0.2, -0.15) is 0 Å². The van der Waals surface area contributed by atoms with E-state index in [1.165, 1.54) is 19.2 Å². The van der Waals surface area contributed by atoms with E-state index in [1.54, 1.807) is 30.3 Å². The lowest BCUT2D eigenvalue weighted by Crippen LogP contribution is -2.47. The Bertz CT molecular complexity index is 799. The van der Waals surface area contributed by atoms with Crippen LogP contribution in [0, 0.1) is 0 Å². The van der Waals surface area contributed by atoms with Gasteiger partial charge in [-0.15, -0.1) is 0 Å². The van der Waals surface area contributed by atoms with Crippen LogP contribution in [0.4, 0.5) is 10.5 Å². The molecule has 0 fully saturated rings. The molecule has 0 saturated heterocycles. The summed E-state index contributed by atoms with van der Waals surface area (Å²) in [6, 6.07) is 12.7. The van der Waals surface area contributed by atoms with Gasteiger partial charge in [0.05, 0.1) is 12.7 Å². The molecule has 2 aromatic rings. The number of anilines is 1. The normalized spacial score (nSPS) is 9.77. The summed E-state index contributed by atoms with van der Waals surface area (Å²) in [7, 11) is 1.41. The maximum atomic E-state index is 12.1. The highest BCUT2D eigenvalue weighted by atomic mass is 35.5. The smallest absolute Gasteiger partial charge is 0.319 e. The number of methoxy groups -OCH3 is 1. The summed E-state index contributed by atoms with van der Waals surface area (Å²) in [5, 5.41) is 5.28. The van der Waals surface area contributed by atoms with Crippen LogP contribution < -0.4 is 26.2 Å². The summed E-state index contributed by atoms with van der Waals surface area (Å²) >= 11 is 5.85. The van der Waals surface area contributed by atoms with Crippen molar-refractivity contribution in [3.8, 4) is 5.75 Å². The Kier molecular flexibility index (Phi) is 6.81. The SMILES string of the molecule is COc1ccc(Cl)cc1C(=O)NNC(=O)CNC(=O)Nc1ccccc1. The number of hydrogen-bond acceptors (Lipinski definition) is 4. The molecule has 136 valence electrons. The Labute approximate surface area is 154 Å². The predicted octanol–water partition coefficient (Wildman–Crippen LogP) is 1.93. The number of hydrogen-bond donors (Lipinski definition) is 4. The fourth-order valence-corrected chi connectivity index (χ4v) is 2.13. The monoisotopic (exact) mass is 376 g/mol. The quantitative estimate of drug-likeness (QED) is 0.598. The van der Waals surface area contributed by atoms with Crippen molar-refractivity contribution in [1.29, 1.82) is 0 Å². The van der Waals surface area contributed by atoms with Gasteiger partial charge in [-0.1, -0.05) is 29.8 Å². The summed E-state index contributed by atoms with van der Waals surface area (Å²) < 4.78 is 5.07. The summed E-state index contributed by atoms with van der Waals surface area (Å²) in [6.07, 6.45) is 0.